The van der Waals surface area contributed by atoms with Crippen LogP contribution in [0.1, 0.15) is 31.1 Å². The molecule has 7 nitrogen and oxygen atoms in total. The Balaban J connectivity index is 2.99. The summed E-state index contributed by atoms with van der Waals surface area (Å²) in [7, 11) is 2.66. The summed E-state index contributed by atoms with van der Waals surface area (Å²) in [4.78, 5) is 27.3. The molecular weight excluding hydrogens is 264 g/mol. The number of hydrogen-bond donors (Lipinski definition) is 1. The molecule has 110 valence electrons. The van der Waals surface area contributed by atoms with E-state index in [-0.39, 0.29) is 17.1 Å². The highest BCUT2D eigenvalue weighted by Gasteiger charge is 2.20. The number of carbonyl (C=O) groups excluding carboxylic acids is 2. The van der Waals surface area contributed by atoms with E-state index in [9.17, 15) is 9.59 Å². The van der Waals surface area contributed by atoms with Gasteiger partial charge in [-0.3, -0.25) is 5.32 Å². The van der Waals surface area contributed by atoms with Crippen molar-refractivity contribution in [1.82, 2.24) is 4.98 Å². The van der Waals surface area contributed by atoms with Gasteiger partial charge in [0.1, 0.15) is 5.60 Å². The second-order valence-corrected chi connectivity index (χ2v) is 4.89. The van der Waals surface area contributed by atoms with Crippen molar-refractivity contribution in [3.8, 4) is 5.88 Å². The third kappa shape index (κ3) is 4.42. The molecule has 1 aromatic rings. The molecule has 0 radical (unpaired) electrons. The molecule has 0 aromatic carbocycles. The quantitative estimate of drug-likeness (QED) is 0.855. The van der Waals surface area contributed by atoms with Crippen LogP contribution < -0.4 is 10.1 Å². The summed E-state index contributed by atoms with van der Waals surface area (Å²) in [5, 5.41) is 2.45. The zero-order valence-electron chi connectivity index (χ0n) is 12.1. The molecule has 0 aliphatic carbocycles. The van der Waals surface area contributed by atoms with E-state index in [1.807, 2.05) is 0 Å². The van der Waals surface area contributed by atoms with Crippen molar-refractivity contribution in [2.45, 2.75) is 26.4 Å². The van der Waals surface area contributed by atoms with Gasteiger partial charge in [0, 0.05) is 6.07 Å². The van der Waals surface area contributed by atoms with Gasteiger partial charge in [-0.15, -0.1) is 0 Å². The summed E-state index contributed by atoms with van der Waals surface area (Å²) in [6.45, 7) is 5.21. The van der Waals surface area contributed by atoms with E-state index in [1.54, 1.807) is 20.8 Å². The van der Waals surface area contributed by atoms with Crippen LogP contribution in [-0.2, 0) is 9.47 Å². The van der Waals surface area contributed by atoms with E-state index >= 15 is 0 Å². The highest BCUT2D eigenvalue weighted by molar-refractivity contribution is 5.99. The lowest BCUT2D eigenvalue weighted by atomic mass is 10.2. The molecule has 7 heteroatoms. The first kappa shape index (κ1) is 15.7. The van der Waals surface area contributed by atoms with E-state index in [2.05, 4.69) is 15.0 Å². The minimum Gasteiger partial charge on any atom is -0.481 e. The minimum absolute atomic E-state index is 0.130. The summed E-state index contributed by atoms with van der Waals surface area (Å²) in [6.07, 6.45) is 0.615. The number of methoxy groups -OCH3 is 2. The van der Waals surface area contributed by atoms with Crippen molar-refractivity contribution >= 4 is 17.7 Å². The fourth-order valence-electron chi connectivity index (χ4n) is 1.34. The first-order valence-corrected chi connectivity index (χ1v) is 5.89. The Kier molecular flexibility index (Phi) is 4.90. The van der Waals surface area contributed by atoms with Crippen molar-refractivity contribution in [3.05, 3.63) is 17.8 Å². The zero-order chi connectivity index (χ0) is 15.3. The van der Waals surface area contributed by atoms with Crippen LogP contribution >= 0.6 is 0 Å². The fraction of sp³-hybridized carbons (Fsp3) is 0.462. The van der Waals surface area contributed by atoms with Crippen molar-refractivity contribution in [1.29, 1.82) is 0 Å². The van der Waals surface area contributed by atoms with E-state index < -0.39 is 17.7 Å². The Morgan fingerprint density at radius 2 is 1.90 bits per heavy atom. The highest BCUT2D eigenvalue weighted by atomic mass is 16.6. The zero-order valence-corrected chi connectivity index (χ0v) is 12.1. The SMILES string of the molecule is COC(=O)c1cc(OC)ncc1NC(=O)OC(C)(C)C. The third-order valence-corrected chi connectivity index (χ3v) is 2.13. The number of nitrogens with one attached hydrogen (secondary N) is 1. The number of aromatic nitrogens is 1. The number of amides is 1. The summed E-state index contributed by atoms with van der Waals surface area (Å²) >= 11 is 0. The van der Waals surface area contributed by atoms with Gasteiger partial charge in [-0.1, -0.05) is 0 Å². The van der Waals surface area contributed by atoms with Crippen LogP contribution in [-0.4, -0.2) is 36.9 Å². The molecule has 1 heterocycles. The highest BCUT2D eigenvalue weighted by Crippen LogP contribution is 2.21. The summed E-state index contributed by atoms with van der Waals surface area (Å²) < 4.78 is 14.7. The first-order valence-electron chi connectivity index (χ1n) is 5.89. The van der Waals surface area contributed by atoms with Gasteiger partial charge in [0.05, 0.1) is 31.7 Å². The molecule has 0 fully saturated rings. The smallest absolute Gasteiger partial charge is 0.412 e. The van der Waals surface area contributed by atoms with Crippen LogP contribution in [0.5, 0.6) is 5.88 Å². The first-order chi connectivity index (χ1) is 9.26. The van der Waals surface area contributed by atoms with Gasteiger partial charge in [0.15, 0.2) is 0 Å². The molecule has 1 N–H and O–H groups in total. The Labute approximate surface area is 117 Å². The van der Waals surface area contributed by atoms with Crippen LogP contribution in [0.2, 0.25) is 0 Å². The molecule has 0 bridgehead atoms. The summed E-state index contributed by atoms with van der Waals surface area (Å²) in [6, 6.07) is 1.37. The van der Waals surface area contributed by atoms with Crippen molar-refractivity contribution in [3.63, 3.8) is 0 Å². The number of esters is 1. The molecule has 0 saturated heterocycles. The van der Waals surface area contributed by atoms with Crippen molar-refractivity contribution < 1.29 is 23.8 Å². The predicted octanol–water partition coefficient (Wildman–Crippen LogP) is 2.22. The normalized spacial score (nSPS) is 10.7. The van der Waals surface area contributed by atoms with Gasteiger partial charge in [0.2, 0.25) is 5.88 Å². The molecule has 1 aromatic heterocycles. The van der Waals surface area contributed by atoms with Crippen LogP contribution in [0.3, 0.4) is 0 Å². The van der Waals surface area contributed by atoms with E-state index in [1.165, 1.54) is 26.5 Å². The van der Waals surface area contributed by atoms with Gasteiger partial charge in [-0.2, -0.15) is 0 Å². The molecule has 1 rings (SSSR count). The molecule has 0 saturated carbocycles. The Bertz CT molecular complexity index is 508. The largest absolute Gasteiger partial charge is 0.481 e. The molecule has 1 amide bonds. The molecule has 0 atom stereocenters. The second-order valence-electron chi connectivity index (χ2n) is 4.89. The molecular formula is C13H18N2O5. The topological polar surface area (TPSA) is 86.8 Å². The third-order valence-electron chi connectivity index (χ3n) is 2.13. The predicted molar refractivity (Wildman–Crippen MR) is 72.0 cm³/mol. The van der Waals surface area contributed by atoms with Gasteiger partial charge >= 0.3 is 12.1 Å². The number of pyridine rings is 1. The van der Waals surface area contributed by atoms with E-state index in [0.717, 1.165) is 0 Å². The molecule has 20 heavy (non-hydrogen) atoms. The number of nitrogens with zero attached hydrogens (tertiary/aromatic N) is 1. The maximum absolute atomic E-state index is 11.7. The lowest BCUT2D eigenvalue weighted by Crippen LogP contribution is -2.27. The lowest BCUT2D eigenvalue weighted by Gasteiger charge is -2.20. The average Bonchev–Trinajstić information content (AvgIpc) is 2.36. The van der Waals surface area contributed by atoms with Crippen LogP contribution in [0.25, 0.3) is 0 Å². The van der Waals surface area contributed by atoms with Crippen LogP contribution in [0.4, 0.5) is 10.5 Å². The minimum atomic E-state index is -0.686. The van der Waals surface area contributed by atoms with Crippen molar-refractivity contribution in [2.75, 3.05) is 19.5 Å². The molecule has 0 aliphatic heterocycles. The molecule has 0 unspecified atom stereocenters. The standard InChI is InChI=1S/C13H18N2O5/c1-13(2,3)20-12(17)15-9-7-14-10(18-4)6-8(9)11(16)19-5/h6-7H,1-5H3,(H,15,17). The van der Waals surface area contributed by atoms with Gasteiger partial charge in [0.25, 0.3) is 0 Å². The van der Waals surface area contributed by atoms with E-state index in [0.29, 0.717) is 0 Å². The monoisotopic (exact) mass is 282 g/mol. The summed E-state index contributed by atoms with van der Waals surface area (Å²) in [5.41, 5.74) is -0.327. The maximum Gasteiger partial charge on any atom is 0.412 e. The Hall–Kier alpha value is -2.31. The lowest BCUT2D eigenvalue weighted by molar-refractivity contribution is 0.0601. The van der Waals surface area contributed by atoms with Crippen molar-refractivity contribution in [2.24, 2.45) is 0 Å². The van der Waals surface area contributed by atoms with Gasteiger partial charge in [-0.25, -0.2) is 14.6 Å². The van der Waals surface area contributed by atoms with Crippen LogP contribution in [0, 0.1) is 0 Å². The second kappa shape index (κ2) is 6.23. The number of ether oxygens (including phenoxy) is 3. The van der Waals surface area contributed by atoms with E-state index in [4.69, 9.17) is 9.47 Å². The number of hydrogen-bond acceptors (Lipinski definition) is 6. The van der Waals surface area contributed by atoms with Crippen LogP contribution in [0.15, 0.2) is 12.3 Å². The molecule has 0 aliphatic rings. The fourth-order valence-corrected chi connectivity index (χ4v) is 1.34. The maximum atomic E-state index is 11.7. The number of anilines is 1. The Morgan fingerprint density at radius 1 is 1.25 bits per heavy atom. The average molecular weight is 282 g/mol. The number of carbonyl (C=O) groups is 2. The summed E-state index contributed by atoms with van der Waals surface area (Å²) in [5.74, 6) is -0.378. The number of rotatable bonds is 3. The molecule has 0 spiro atoms. The van der Waals surface area contributed by atoms with Gasteiger partial charge in [-0.05, 0) is 20.8 Å². The Morgan fingerprint density at radius 3 is 2.40 bits per heavy atom. The van der Waals surface area contributed by atoms with Gasteiger partial charge < -0.3 is 14.2 Å².